The monoisotopic (exact) mass is 251 g/mol. The van der Waals surface area contributed by atoms with Gasteiger partial charge in [0, 0.05) is 17.1 Å². The van der Waals surface area contributed by atoms with Crippen molar-refractivity contribution in [1.82, 2.24) is 15.2 Å². The third-order valence-electron chi connectivity index (χ3n) is 3.00. The van der Waals surface area contributed by atoms with Crippen molar-refractivity contribution in [1.29, 1.82) is 0 Å². The fourth-order valence-electron chi connectivity index (χ4n) is 2.01. The van der Waals surface area contributed by atoms with Gasteiger partial charge in [-0.05, 0) is 19.1 Å². The highest BCUT2D eigenvalue weighted by Crippen LogP contribution is 2.27. The van der Waals surface area contributed by atoms with Gasteiger partial charge in [0.1, 0.15) is 11.2 Å². The van der Waals surface area contributed by atoms with Gasteiger partial charge in [-0.3, -0.25) is 4.98 Å². The van der Waals surface area contributed by atoms with Gasteiger partial charge in [0.25, 0.3) is 0 Å². The van der Waals surface area contributed by atoms with E-state index in [9.17, 15) is 0 Å². The third kappa shape index (κ3) is 2.00. The predicted octanol–water partition coefficient (Wildman–Crippen LogP) is 2.29. The van der Waals surface area contributed by atoms with Crippen LogP contribution < -0.4 is 11.3 Å². The summed E-state index contributed by atoms with van der Waals surface area (Å²) in [4.78, 5) is 4.31. The number of hydrazine groups is 1. The topological polar surface area (TPSA) is 76.7 Å². The number of hydrogen-bond acceptors (Lipinski definition) is 5. The second kappa shape index (κ2) is 4.62. The molecule has 0 aliphatic heterocycles. The van der Waals surface area contributed by atoms with Crippen molar-refractivity contribution >= 4 is 16.7 Å². The predicted molar refractivity (Wildman–Crippen MR) is 75.3 cm³/mol. The molecule has 5 heteroatoms. The lowest BCUT2D eigenvalue weighted by molar-refractivity contribution is 1.04. The molecule has 2 heterocycles. The van der Waals surface area contributed by atoms with Gasteiger partial charge in [0.05, 0.1) is 0 Å². The van der Waals surface area contributed by atoms with Crippen molar-refractivity contribution in [3.8, 4) is 11.3 Å². The SMILES string of the molecule is Cc1ccc(-c2nnc(NN)c3ncccc23)cc1. The Bertz CT molecular complexity index is 721. The summed E-state index contributed by atoms with van der Waals surface area (Å²) in [7, 11) is 0. The zero-order valence-corrected chi connectivity index (χ0v) is 10.5. The summed E-state index contributed by atoms with van der Waals surface area (Å²) in [6.45, 7) is 2.05. The number of anilines is 1. The van der Waals surface area contributed by atoms with Crippen LogP contribution in [-0.4, -0.2) is 15.2 Å². The smallest absolute Gasteiger partial charge is 0.189 e. The summed E-state index contributed by atoms with van der Waals surface area (Å²) in [5, 5.41) is 9.25. The van der Waals surface area contributed by atoms with Crippen LogP contribution in [-0.2, 0) is 0 Å². The number of nitrogen functional groups attached to an aromatic ring is 1. The fourth-order valence-corrected chi connectivity index (χ4v) is 2.01. The molecule has 0 atom stereocenters. The number of nitrogens with zero attached hydrogens (tertiary/aromatic N) is 3. The average molecular weight is 251 g/mol. The van der Waals surface area contributed by atoms with E-state index in [-0.39, 0.29) is 0 Å². The Morgan fingerprint density at radius 2 is 1.84 bits per heavy atom. The first-order valence-corrected chi connectivity index (χ1v) is 5.94. The maximum Gasteiger partial charge on any atom is 0.189 e. The van der Waals surface area contributed by atoms with Gasteiger partial charge >= 0.3 is 0 Å². The Morgan fingerprint density at radius 1 is 1.05 bits per heavy atom. The number of aromatic nitrogens is 3. The zero-order valence-electron chi connectivity index (χ0n) is 10.5. The van der Waals surface area contributed by atoms with Crippen molar-refractivity contribution in [2.24, 2.45) is 5.84 Å². The molecule has 94 valence electrons. The molecule has 2 aromatic heterocycles. The van der Waals surface area contributed by atoms with E-state index in [4.69, 9.17) is 5.84 Å². The van der Waals surface area contributed by atoms with Crippen LogP contribution in [0.3, 0.4) is 0 Å². The minimum atomic E-state index is 0.478. The number of benzene rings is 1. The Hall–Kier alpha value is -2.53. The molecule has 0 amide bonds. The molecule has 0 saturated carbocycles. The first kappa shape index (κ1) is 11.6. The highest BCUT2D eigenvalue weighted by atomic mass is 15.3. The van der Waals surface area contributed by atoms with E-state index >= 15 is 0 Å². The largest absolute Gasteiger partial charge is 0.305 e. The molecule has 0 bridgehead atoms. The summed E-state index contributed by atoms with van der Waals surface area (Å²) >= 11 is 0. The van der Waals surface area contributed by atoms with Gasteiger partial charge in [-0.25, -0.2) is 5.84 Å². The second-order valence-corrected chi connectivity index (χ2v) is 4.31. The molecule has 0 saturated heterocycles. The van der Waals surface area contributed by atoms with Crippen molar-refractivity contribution < 1.29 is 0 Å². The number of nitrogens with one attached hydrogen (secondary N) is 1. The molecule has 1 aromatic carbocycles. The Labute approximate surface area is 110 Å². The van der Waals surface area contributed by atoms with Crippen LogP contribution in [0.2, 0.25) is 0 Å². The molecular formula is C14H13N5. The minimum absolute atomic E-state index is 0.478. The third-order valence-corrected chi connectivity index (χ3v) is 3.00. The first-order chi connectivity index (χ1) is 9.29. The normalized spacial score (nSPS) is 10.6. The average Bonchev–Trinajstić information content (AvgIpc) is 2.47. The van der Waals surface area contributed by atoms with Crippen LogP contribution in [0.15, 0.2) is 42.6 Å². The zero-order chi connectivity index (χ0) is 13.2. The summed E-state index contributed by atoms with van der Waals surface area (Å²) in [5.41, 5.74) is 6.27. The van der Waals surface area contributed by atoms with E-state index in [0.29, 0.717) is 5.82 Å². The molecule has 0 radical (unpaired) electrons. The molecule has 5 nitrogen and oxygen atoms in total. The quantitative estimate of drug-likeness (QED) is 0.539. The van der Waals surface area contributed by atoms with Crippen LogP contribution in [0.1, 0.15) is 5.56 Å². The van der Waals surface area contributed by atoms with Crippen LogP contribution in [0.5, 0.6) is 0 Å². The molecule has 3 rings (SSSR count). The van der Waals surface area contributed by atoms with E-state index < -0.39 is 0 Å². The molecule has 0 spiro atoms. The molecule has 19 heavy (non-hydrogen) atoms. The maximum atomic E-state index is 5.43. The van der Waals surface area contributed by atoms with Gasteiger partial charge < -0.3 is 5.43 Å². The van der Waals surface area contributed by atoms with E-state index in [1.807, 2.05) is 36.4 Å². The Morgan fingerprint density at radius 3 is 2.58 bits per heavy atom. The molecule has 0 unspecified atom stereocenters. The second-order valence-electron chi connectivity index (χ2n) is 4.31. The Kier molecular flexibility index (Phi) is 2.81. The van der Waals surface area contributed by atoms with E-state index in [0.717, 1.165) is 22.2 Å². The summed E-state index contributed by atoms with van der Waals surface area (Å²) in [5.74, 6) is 5.91. The van der Waals surface area contributed by atoms with Crippen molar-refractivity contribution in [3.63, 3.8) is 0 Å². The highest BCUT2D eigenvalue weighted by Gasteiger charge is 2.10. The first-order valence-electron chi connectivity index (χ1n) is 5.94. The van der Waals surface area contributed by atoms with E-state index in [1.165, 1.54) is 5.56 Å². The molecule has 0 aliphatic rings. The maximum absolute atomic E-state index is 5.43. The van der Waals surface area contributed by atoms with Crippen LogP contribution in [0, 0.1) is 6.92 Å². The number of rotatable bonds is 2. The van der Waals surface area contributed by atoms with Crippen molar-refractivity contribution in [3.05, 3.63) is 48.2 Å². The summed E-state index contributed by atoms with van der Waals surface area (Å²) in [6, 6.07) is 12.0. The van der Waals surface area contributed by atoms with Gasteiger partial charge in [0.2, 0.25) is 0 Å². The lowest BCUT2D eigenvalue weighted by Gasteiger charge is -2.07. The number of nitrogens with two attached hydrogens (primary N) is 1. The number of hydrogen-bond donors (Lipinski definition) is 2. The van der Waals surface area contributed by atoms with Gasteiger partial charge in [-0.1, -0.05) is 29.8 Å². The molecule has 0 fully saturated rings. The lowest BCUT2D eigenvalue weighted by Crippen LogP contribution is -2.10. The fraction of sp³-hybridized carbons (Fsp3) is 0.0714. The van der Waals surface area contributed by atoms with Crippen LogP contribution in [0.25, 0.3) is 22.2 Å². The van der Waals surface area contributed by atoms with E-state index in [2.05, 4.69) is 27.5 Å². The van der Waals surface area contributed by atoms with Crippen LogP contribution >= 0.6 is 0 Å². The van der Waals surface area contributed by atoms with Gasteiger partial charge in [0.15, 0.2) is 5.82 Å². The number of fused-ring (bicyclic) bond motifs is 1. The summed E-state index contributed by atoms with van der Waals surface area (Å²) in [6.07, 6.45) is 1.71. The summed E-state index contributed by atoms with van der Waals surface area (Å²) < 4.78 is 0. The van der Waals surface area contributed by atoms with Gasteiger partial charge in [-0.15, -0.1) is 10.2 Å². The number of pyridine rings is 1. The number of aryl methyl sites for hydroxylation is 1. The van der Waals surface area contributed by atoms with Crippen molar-refractivity contribution in [2.75, 3.05) is 5.43 Å². The molecule has 3 N–H and O–H groups in total. The van der Waals surface area contributed by atoms with Crippen LogP contribution in [0.4, 0.5) is 5.82 Å². The molecule has 0 aliphatic carbocycles. The van der Waals surface area contributed by atoms with Gasteiger partial charge in [-0.2, -0.15) is 0 Å². The minimum Gasteiger partial charge on any atom is -0.305 e. The standard InChI is InChI=1S/C14H13N5/c1-9-4-6-10(7-5-9)12-11-3-2-8-16-13(11)14(17-15)19-18-12/h2-8H,15H2,1H3,(H,17,19). The molecule has 3 aromatic rings. The molecular weight excluding hydrogens is 238 g/mol. The Balaban J connectivity index is 2.27. The van der Waals surface area contributed by atoms with E-state index in [1.54, 1.807) is 6.20 Å². The highest BCUT2D eigenvalue weighted by molar-refractivity contribution is 5.97. The lowest BCUT2D eigenvalue weighted by atomic mass is 10.1. The van der Waals surface area contributed by atoms with Crippen molar-refractivity contribution in [2.45, 2.75) is 6.92 Å².